The fourth-order valence-corrected chi connectivity index (χ4v) is 4.81. The van der Waals surface area contributed by atoms with Crippen molar-refractivity contribution in [3.63, 3.8) is 0 Å². The highest BCUT2D eigenvalue weighted by Gasteiger charge is 2.59. The van der Waals surface area contributed by atoms with Crippen LogP contribution in [-0.4, -0.2) is 73.7 Å². The second-order valence-electron chi connectivity index (χ2n) is 7.86. The van der Waals surface area contributed by atoms with Crippen LogP contribution in [-0.2, 0) is 14.3 Å². The zero-order chi connectivity index (χ0) is 17.7. The smallest absolute Gasteiger partial charge is 0.289 e. The molecule has 1 aromatic rings. The maximum absolute atomic E-state index is 12.8. The Balaban J connectivity index is 1.22. The number of hydrogen-bond acceptors (Lipinski definition) is 5. The van der Waals surface area contributed by atoms with Gasteiger partial charge in [-0.2, -0.15) is 0 Å². The summed E-state index contributed by atoms with van der Waals surface area (Å²) in [5, 5.41) is 0. The van der Waals surface area contributed by atoms with Crippen LogP contribution in [0.3, 0.4) is 0 Å². The van der Waals surface area contributed by atoms with Crippen LogP contribution in [0.4, 0.5) is 0 Å². The van der Waals surface area contributed by atoms with Gasteiger partial charge in [0.05, 0.1) is 32.2 Å². The van der Waals surface area contributed by atoms with Crippen LogP contribution in [0.25, 0.3) is 0 Å². The standard InChI is InChI=1S/C19H24N2O5/c22-18(15-2-1-6-25-15)21-5-7-26-16-9-20(4-3-12(16)8-21)19(23)17-13-10-24-11-14(13)17/h1-2,6,12-14,16-17H,3-5,7-11H2/t12-,13-,14+,16-,17?/m1/s1. The van der Waals surface area contributed by atoms with E-state index >= 15 is 0 Å². The molecule has 7 nitrogen and oxygen atoms in total. The third-order valence-corrected chi connectivity index (χ3v) is 6.41. The van der Waals surface area contributed by atoms with Crippen molar-refractivity contribution < 1.29 is 23.5 Å². The van der Waals surface area contributed by atoms with Gasteiger partial charge in [-0.15, -0.1) is 0 Å². The summed E-state index contributed by atoms with van der Waals surface area (Å²) in [5.74, 6) is 1.89. The van der Waals surface area contributed by atoms with E-state index < -0.39 is 0 Å². The van der Waals surface area contributed by atoms with E-state index in [1.54, 1.807) is 12.1 Å². The first kappa shape index (κ1) is 16.3. The van der Waals surface area contributed by atoms with Crippen LogP contribution >= 0.6 is 0 Å². The molecule has 1 aliphatic carbocycles. The fourth-order valence-electron chi connectivity index (χ4n) is 4.81. The first-order chi connectivity index (χ1) is 12.7. The molecule has 0 aromatic carbocycles. The van der Waals surface area contributed by atoms with E-state index in [4.69, 9.17) is 13.9 Å². The predicted octanol–water partition coefficient (Wildman–Crippen LogP) is 0.861. The highest BCUT2D eigenvalue weighted by molar-refractivity contribution is 5.91. The number of carbonyl (C=O) groups excluding carboxylic acids is 2. The third-order valence-electron chi connectivity index (χ3n) is 6.41. The molecule has 0 N–H and O–H groups in total. The monoisotopic (exact) mass is 360 g/mol. The number of piperidine rings is 1. The molecule has 4 fully saturated rings. The first-order valence-corrected chi connectivity index (χ1v) is 9.53. The summed E-state index contributed by atoms with van der Waals surface area (Å²) < 4.78 is 16.7. The summed E-state index contributed by atoms with van der Waals surface area (Å²) in [5.41, 5.74) is 0. The molecule has 7 heteroatoms. The summed E-state index contributed by atoms with van der Waals surface area (Å²) >= 11 is 0. The third kappa shape index (κ3) is 2.74. The highest BCUT2D eigenvalue weighted by Crippen LogP contribution is 2.51. The van der Waals surface area contributed by atoms with Crippen LogP contribution in [0.15, 0.2) is 22.8 Å². The topological polar surface area (TPSA) is 72.2 Å². The van der Waals surface area contributed by atoms with Crippen molar-refractivity contribution in [2.75, 3.05) is 46.0 Å². The van der Waals surface area contributed by atoms with E-state index in [-0.39, 0.29) is 29.8 Å². The lowest BCUT2D eigenvalue weighted by Crippen LogP contribution is -2.50. The molecule has 26 heavy (non-hydrogen) atoms. The Kier molecular flexibility index (Phi) is 4.01. The van der Waals surface area contributed by atoms with Crippen molar-refractivity contribution in [2.24, 2.45) is 23.7 Å². The number of carbonyl (C=O) groups is 2. The fraction of sp³-hybridized carbons (Fsp3) is 0.684. The Bertz CT molecular complexity index is 680. The quantitative estimate of drug-likeness (QED) is 0.782. The average Bonchev–Trinajstić information content (AvgIpc) is 3.01. The van der Waals surface area contributed by atoms with E-state index in [9.17, 15) is 9.59 Å². The van der Waals surface area contributed by atoms with Gasteiger partial charge >= 0.3 is 0 Å². The van der Waals surface area contributed by atoms with Crippen molar-refractivity contribution >= 4 is 11.8 Å². The zero-order valence-electron chi connectivity index (χ0n) is 14.7. The lowest BCUT2D eigenvalue weighted by molar-refractivity contribution is -0.139. The maximum Gasteiger partial charge on any atom is 0.289 e. The molecule has 0 radical (unpaired) electrons. The number of rotatable bonds is 2. The summed E-state index contributed by atoms with van der Waals surface area (Å²) in [7, 11) is 0. The molecular weight excluding hydrogens is 336 g/mol. The molecule has 5 rings (SSSR count). The summed E-state index contributed by atoms with van der Waals surface area (Å²) in [6, 6.07) is 3.43. The van der Waals surface area contributed by atoms with Crippen LogP contribution in [0, 0.1) is 23.7 Å². The number of fused-ring (bicyclic) bond motifs is 2. The number of nitrogens with zero attached hydrogens (tertiary/aromatic N) is 2. The van der Waals surface area contributed by atoms with Crippen LogP contribution in [0.1, 0.15) is 17.0 Å². The van der Waals surface area contributed by atoms with Crippen LogP contribution in [0.5, 0.6) is 0 Å². The number of ether oxygens (including phenoxy) is 2. The Labute approximate surface area is 152 Å². The molecule has 1 unspecified atom stereocenters. The lowest BCUT2D eigenvalue weighted by Gasteiger charge is -2.38. The Morgan fingerprint density at radius 2 is 1.92 bits per heavy atom. The molecule has 140 valence electrons. The van der Waals surface area contributed by atoms with E-state index in [1.807, 2.05) is 9.80 Å². The van der Waals surface area contributed by atoms with Gasteiger partial charge in [0.15, 0.2) is 5.76 Å². The Morgan fingerprint density at radius 3 is 2.69 bits per heavy atom. The van der Waals surface area contributed by atoms with Crippen molar-refractivity contribution in [3.8, 4) is 0 Å². The average molecular weight is 360 g/mol. The molecule has 4 aliphatic rings. The van der Waals surface area contributed by atoms with Gasteiger partial charge in [-0.25, -0.2) is 0 Å². The molecule has 3 aliphatic heterocycles. The van der Waals surface area contributed by atoms with Crippen LogP contribution in [0.2, 0.25) is 0 Å². The summed E-state index contributed by atoms with van der Waals surface area (Å²) in [4.78, 5) is 29.2. The predicted molar refractivity (Wildman–Crippen MR) is 90.3 cm³/mol. The molecule has 5 atom stereocenters. The largest absolute Gasteiger partial charge is 0.459 e. The van der Waals surface area contributed by atoms with Crippen molar-refractivity contribution in [1.82, 2.24) is 9.80 Å². The minimum absolute atomic E-state index is 0.0111. The van der Waals surface area contributed by atoms with E-state index in [2.05, 4.69) is 0 Å². The van der Waals surface area contributed by atoms with E-state index in [1.165, 1.54) is 6.26 Å². The van der Waals surface area contributed by atoms with Crippen molar-refractivity contribution in [3.05, 3.63) is 24.2 Å². The number of furan rings is 1. The normalized spacial score (nSPS) is 36.2. The number of likely N-dealkylation sites (tertiary alicyclic amines) is 1. The van der Waals surface area contributed by atoms with Gasteiger partial charge in [0.1, 0.15) is 0 Å². The van der Waals surface area contributed by atoms with Gasteiger partial charge in [-0.3, -0.25) is 9.59 Å². The first-order valence-electron chi connectivity index (χ1n) is 9.53. The minimum Gasteiger partial charge on any atom is -0.459 e. The molecular formula is C19H24N2O5. The number of amides is 2. The molecule has 3 saturated heterocycles. The van der Waals surface area contributed by atoms with Gasteiger partial charge in [-0.1, -0.05) is 0 Å². The highest BCUT2D eigenvalue weighted by atomic mass is 16.5. The van der Waals surface area contributed by atoms with E-state index in [0.717, 1.165) is 26.2 Å². The maximum atomic E-state index is 12.8. The molecule has 1 aromatic heterocycles. The van der Waals surface area contributed by atoms with Gasteiger partial charge < -0.3 is 23.7 Å². The van der Waals surface area contributed by atoms with Crippen molar-refractivity contribution in [2.45, 2.75) is 12.5 Å². The Hall–Kier alpha value is -1.86. The summed E-state index contributed by atoms with van der Waals surface area (Å²) in [6.45, 7) is 4.59. The van der Waals surface area contributed by atoms with Gasteiger partial charge in [-0.05, 0) is 30.4 Å². The molecule has 2 amide bonds. The second-order valence-corrected chi connectivity index (χ2v) is 7.86. The minimum atomic E-state index is -0.0800. The summed E-state index contributed by atoms with van der Waals surface area (Å²) in [6.07, 6.45) is 2.40. The zero-order valence-corrected chi connectivity index (χ0v) is 14.7. The van der Waals surface area contributed by atoms with Crippen LogP contribution < -0.4 is 0 Å². The Morgan fingerprint density at radius 1 is 1.08 bits per heavy atom. The van der Waals surface area contributed by atoms with Crippen molar-refractivity contribution in [1.29, 1.82) is 0 Å². The van der Waals surface area contributed by atoms with Gasteiger partial charge in [0, 0.05) is 38.0 Å². The van der Waals surface area contributed by atoms with Gasteiger partial charge in [0.2, 0.25) is 5.91 Å². The van der Waals surface area contributed by atoms with Gasteiger partial charge in [0.25, 0.3) is 5.91 Å². The molecule has 0 spiro atoms. The molecule has 0 bridgehead atoms. The molecule has 1 saturated carbocycles. The number of hydrogen-bond donors (Lipinski definition) is 0. The SMILES string of the molecule is O=C(c1ccco1)N1CCO[C@@H]2CN(C(=O)C3[C@H]4COC[C@@H]34)CC[C@@H]2C1. The molecule has 4 heterocycles. The second kappa shape index (κ2) is 6.39. The van der Waals surface area contributed by atoms with E-state index in [0.29, 0.717) is 43.8 Å². The lowest BCUT2D eigenvalue weighted by atomic mass is 9.92.